The van der Waals surface area contributed by atoms with E-state index in [1.807, 2.05) is 0 Å². The number of fused-ring (bicyclic) bond motifs is 1. The Morgan fingerprint density at radius 3 is 2.57 bits per heavy atom. The molecule has 0 radical (unpaired) electrons. The van der Waals surface area contributed by atoms with Crippen LogP contribution in [0.25, 0.3) is 5.82 Å². The van der Waals surface area contributed by atoms with Crippen molar-refractivity contribution in [1.29, 1.82) is 0 Å². The highest BCUT2D eigenvalue weighted by Gasteiger charge is 2.21. The van der Waals surface area contributed by atoms with E-state index < -0.39 is 10.0 Å². The van der Waals surface area contributed by atoms with Gasteiger partial charge in [-0.2, -0.15) is 0 Å². The number of nitrogens with two attached hydrogens (primary N) is 1. The third kappa shape index (κ3) is 3.52. The highest BCUT2D eigenvalue weighted by Crippen LogP contribution is 2.30. The van der Waals surface area contributed by atoms with Crippen LogP contribution in [0, 0.1) is 0 Å². The summed E-state index contributed by atoms with van der Waals surface area (Å²) in [6, 6.07) is 13.1. The van der Waals surface area contributed by atoms with Crippen LogP contribution in [-0.4, -0.2) is 29.3 Å². The van der Waals surface area contributed by atoms with Crippen LogP contribution in [0.1, 0.15) is 0 Å². The van der Waals surface area contributed by atoms with Crippen molar-refractivity contribution in [2.24, 2.45) is 10.7 Å². The summed E-state index contributed by atoms with van der Waals surface area (Å²) < 4.78 is 43.9. The van der Waals surface area contributed by atoms with Gasteiger partial charge in [0.25, 0.3) is 10.0 Å². The maximum absolute atomic E-state index is 12.9. The monoisotopic (exact) mass is 428 g/mol. The van der Waals surface area contributed by atoms with E-state index >= 15 is 0 Å². The fourth-order valence-corrected chi connectivity index (χ4v) is 4.35. The van der Waals surface area contributed by atoms with Crippen LogP contribution in [0.4, 0.5) is 11.4 Å². The van der Waals surface area contributed by atoms with Crippen LogP contribution in [0.2, 0.25) is 0 Å². The standard InChI is InChI=1S/C20H20N4O5S/c1-27-15-7-8-17(28-2)18(11-15)30(25,26)23-13-3-5-14(6-4-13)24-12-22-20-16(19(24)21)9-10-29-20/h3-11,23H,12,21H2,1-2H3. The van der Waals surface area contributed by atoms with Crippen LogP contribution in [-0.2, 0) is 10.0 Å². The molecule has 0 aliphatic carbocycles. The van der Waals surface area contributed by atoms with Crippen molar-refractivity contribution in [3.05, 3.63) is 65.6 Å². The van der Waals surface area contributed by atoms with E-state index in [9.17, 15) is 8.42 Å². The fourth-order valence-electron chi connectivity index (χ4n) is 3.11. The highest BCUT2D eigenvalue weighted by molar-refractivity contribution is 7.92. The normalized spacial score (nSPS) is 13.4. The molecule has 2 heterocycles. The first-order chi connectivity index (χ1) is 14.4. The van der Waals surface area contributed by atoms with Gasteiger partial charge in [0.1, 0.15) is 28.9 Å². The molecule has 3 aromatic rings. The summed E-state index contributed by atoms with van der Waals surface area (Å²) in [4.78, 5) is 6.13. The van der Waals surface area contributed by atoms with Gasteiger partial charge in [-0.05, 0) is 42.5 Å². The first-order valence-corrected chi connectivity index (χ1v) is 10.4. The summed E-state index contributed by atoms with van der Waals surface area (Å²) in [5, 5.41) is 0.719. The summed E-state index contributed by atoms with van der Waals surface area (Å²) >= 11 is 0. The Morgan fingerprint density at radius 2 is 1.87 bits per heavy atom. The molecule has 0 saturated carbocycles. The summed E-state index contributed by atoms with van der Waals surface area (Å²) in [5.74, 6) is 1.14. The van der Waals surface area contributed by atoms with Gasteiger partial charge in [-0.1, -0.05) is 0 Å². The van der Waals surface area contributed by atoms with E-state index in [4.69, 9.17) is 19.6 Å². The molecule has 156 valence electrons. The van der Waals surface area contributed by atoms with Crippen LogP contribution >= 0.6 is 0 Å². The van der Waals surface area contributed by atoms with Crippen LogP contribution in [0.5, 0.6) is 11.5 Å². The van der Waals surface area contributed by atoms with Crippen LogP contribution in [0.3, 0.4) is 0 Å². The number of hydrogen-bond donors (Lipinski definition) is 2. The van der Waals surface area contributed by atoms with Gasteiger partial charge in [-0.3, -0.25) is 4.72 Å². The largest absolute Gasteiger partial charge is 0.497 e. The van der Waals surface area contributed by atoms with Gasteiger partial charge >= 0.3 is 0 Å². The Kier molecular flexibility index (Phi) is 5.00. The van der Waals surface area contributed by atoms with Crippen molar-refractivity contribution in [3.8, 4) is 11.5 Å². The Balaban J connectivity index is 1.60. The molecule has 0 bridgehead atoms. The second kappa shape index (κ2) is 7.64. The molecule has 30 heavy (non-hydrogen) atoms. The van der Waals surface area contributed by atoms with Gasteiger partial charge in [-0.15, -0.1) is 0 Å². The number of rotatable bonds is 6. The van der Waals surface area contributed by atoms with Crippen molar-refractivity contribution in [2.75, 3.05) is 30.5 Å². The number of nitrogens with one attached hydrogen (secondary N) is 1. The van der Waals surface area contributed by atoms with Crippen molar-refractivity contribution >= 4 is 27.2 Å². The molecule has 1 aliphatic rings. The smallest absolute Gasteiger partial charge is 0.265 e. The second-order valence-electron chi connectivity index (χ2n) is 6.42. The van der Waals surface area contributed by atoms with E-state index in [2.05, 4.69) is 9.71 Å². The molecule has 1 aliphatic heterocycles. The Hall–Kier alpha value is -3.66. The van der Waals surface area contributed by atoms with Gasteiger partial charge < -0.3 is 24.5 Å². The highest BCUT2D eigenvalue weighted by atomic mass is 32.2. The first-order valence-electron chi connectivity index (χ1n) is 8.93. The van der Waals surface area contributed by atoms with Crippen molar-refractivity contribution < 1.29 is 22.3 Å². The number of nitrogens with zero attached hydrogens (tertiary/aromatic N) is 2. The molecular weight excluding hydrogens is 408 g/mol. The molecule has 3 N–H and O–H groups in total. The summed E-state index contributed by atoms with van der Waals surface area (Å²) in [5.41, 5.74) is 7.89. The quantitative estimate of drug-likeness (QED) is 0.606. The van der Waals surface area contributed by atoms with Gasteiger partial charge in [-0.25, -0.2) is 13.4 Å². The lowest BCUT2D eigenvalue weighted by Crippen LogP contribution is -2.42. The maximum Gasteiger partial charge on any atom is 0.265 e. The third-order valence-electron chi connectivity index (χ3n) is 4.66. The van der Waals surface area contributed by atoms with E-state index in [0.29, 0.717) is 29.5 Å². The number of hydrogen-bond acceptors (Lipinski definition) is 8. The number of sulfonamides is 1. The van der Waals surface area contributed by atoms with Crippen LogP contribution < -0.4 is 35.6 Å². The molecule has 0 unspecified atom stereocenters. The summed E-state index contributed by atoms with van der Waals surface area (Å²) in [6.45, 7) is 0.304. The number of methoxy groups -OCH3 is 2. The minimum atomic E-state index is -3.90. The molecule has 0 spiro atoms. The van der Waals surface area contributed by atoms with Crippen LogP contribution in [0.15, 0.2) is 69.1 Å². The molecule has 0 amide bonds. The molecule has 10 heteroatoms. The number of furan rings is 1. The van der Waals surface area contributed by atoms with Crippen molar-refractivity contribution in [3.63, 3.8) is 0 Å². The average molecular weight is 428 g/mol. The molecular formula is C20H20N4O5S. The Bertz CT molecular complexity index is 1300. The zero-order valence-electron chi connectivity index (χ0n) is 16.3. The predicted molar refractivity (Wildman–Crippen MR) is 111 cm³/mol. The van der Waals surface area contributed by atoms with Crippen molar-refractivity contribution in [1.82, 2.24) is 0 Å². The SMILES string of the molecule is COc1ccc(OC)c(S(=O)(=O)Nc2ccc(N3CN=c4occc4=C3N)cc2)c1. The van der Waals surface area contributed by atoms with Gasteiger partial charge in [0.2, 0.25) is 5.55 Å². The lowest BCUT2D eigenvalue weighted by atomic mass is 10.2. The topological polar surface area (TPSA) is 119 Å². The molecule has 2 aromatic carbocycles. The van der Waals surface area contributed by atoms with E-state index in [1.54, 1.807) is 47.4 Å². The third-order valence-corrected chi connectivity index (χ3v) is 6.06. The van der Waals surface area contributed by atoms with Gasteiger partial charge in [0.15, 0.2) is 0 Å². The number of benzene rings is 2. The number of anilines is 2. The van der Waals surface area contributed by atoms with E-state index in [-0.39, 0.29) is 10.6 Å². The molecule has 0 saturated heterocycles. The second-order valence-corrected chi connectivity index (χ2v) is 8.07. The molecule has 4 rings (SSSR count). The van der Waals surface area contributed by atoms with E-state index in [0.717, 1.165) is 10.9 Å². The van der Waals surface area contributed by atoms with E-state index in [1.165, 1.54) is 26.5 Å². The summed E-state index contributed by atoms with van der Waals surface area (Å²) in [6.07, 6.45) is 1.54. The predicted octanol–water partition coefficient (Wildman–Crippen LogP) is 1.22. The lowest BCUT2D eigenvalue weighted by molar-refractivity contribution is 0.392. The summed E-state index contributed by atoms with van der Waals surface area (Å²) in [7, 11) is -1.03. The lowest BCUT2D eigenvalue weighted by Gasteiger charge is -2.24. The Labute approximate surface area is 173 Å². The maximum atomic E-state index is 12.9. The van der Waals surface area contributed by atoms with Gasteiger partial charge in [0.05, 0.1) is 25.7 Å². The first kappa shape index (κ1) is 19.6. The Morgan fingerprint density at radius 1 is 1.10 bits per heavy atom. The molecule has 0 atom stereocenters. The zero-order valence-corrected chi connectivity index (χ0v) is 17.1. The fraction of sp³-hybridized carbons (Fsp3) is 0.150. The minimum Gasteiger partial charge on any atom is -0.497 e. The van der Waals surface area contributed by atoms with Crippen molar-refractivity contribution in [2.45, 2.75) is 4.90 Å². The minimum absolute atomic E-state index is 0.0201. The molecule has 0 fully saturated rings. The van der Waals surface area contributed by atoms with Gasteiger partial charge in [0, 0.05) is 17.4 Å². The average Bonchev–Trinajstić information content (AvgIpc) is 3.24. The number of ether oxygens (including phenoxy) is 2. The molecule has 9 nitrogen and oxygen atoms in total. The zero-order chi connectivity index (χ0) is 21.3. The molecule has 1 aromatic heterocycles.